The van der Waals surface area contributed by atoms with Crippen molar-refractivity contribution in [3.05, 3.63) is 93.9 Å². The molecule has 41 heavy (non-hydrogen) atoms. The maximum Gasteiger partial charge on any atom is 0.307 e. The molecule has 7 nitrogen and oxygen atoms in total. The fourth-order valence-electron chi connectivity index (χ4n) is 5.15. The van der Waals surface area contributed by atoms with E-state index in [0.29, 0.717) is 45.3 Å². The number of amidine groups is 1. The number of methoxy groups -OCH3 is 1. The van der Waals surface area contributed by atoms with Crippen molar-refractivity contribution >= 4 is 40.6 Å². The van der Waals surface area contributed by atoms with E-state index in [1.807, 2.05) is 24.3 Å². The Balaban J connectivity index is 1.24. The lowest BCUT2D eigenvalue weighted by atomic mass is 9.84. The molecule has 8 heteroatoms. The Kier molecular flexibility index (Phi) is 9.09. The van der Waals surface area contributed by atoms with Crippen LogP contribution in [-0.4, -0.2) is 41.2 Å². The van der Waals surface area contributed by atoms with E-state index in [4.69, 9.17) is 14.6 Å². The summed E-state index contributed by atoms with van der Waals surface area (Å²) in [5.41, 5.74) is 4.69. The molecule has 2 aliphatic rings. The van der Waals surface area contributed by atoms with Gasteiger partial charge < -0.3 is 14.6 Å². The van der Waals surface area contributed by atoms with Gasteiger partial charge in [0.2, 0.25) is 0 Å². The molecule has 0 radical (unpaired) electrons. The SMILES string of the molecule is COc1cc(C=C2SC(=Nc3ccc(CC(=O)O)cc3)N(C)C2=O)ccc1OCc1ccc(C2CCCCC2)cc1. The average molecular weight is 571 g/mol. The number of ether oxygens (including phenoxy) is 2. The minimum Gasteiger partial charge on any atom is -0.493 e. The van der Waals surface area contributed by atoms with Crippen molar-refractivity contribution < 1.29 is 24.2 Å². The zero-order valence-corrected chi connectivity index (χ0v) is 24.2. The first-order chi connectivity index (χ1) is 19.9. The first-order valence-electron chi connectivity index (χ1n) is 13.9. The number of aliphatic carboxylic acids is 1. The van der Waals surface area contributed by atoms with E-state index in [1.54, 1.807) is 38.4 Å². The van der Waals surface area contributed by atoms with E-state index in [0.717, 1.165) is 11.1 Å². The highest BCUT2D eigenvalue weighted by Gasteiger charge is 2.30. The highest BCUT2D eigenvalue weighted by Crippen LogP contribution is 2.36. The fourth-order valence-corrected chi connectivity index (χ4v) is 6.14. The minimum atomic E-state index is -0.883. The molecule has 3 aromatic carbocycles. The number of hydrogen-bond donors (Lipinski definition) is 1. The Hall–Kier alpha value is -4.04. The number of likely N-dealkylation sites (N-methyl/N-ethyl adjacent to an activating group) is 1. The molecule has 0 spiro atoms. The summed E-state index contributed by atoms with van der Waals surface area (Å²) in [6.07, 6.45) is 8.35. The average Bonchev–Trinajstić information content (AvgIpc) is 3.25. The molecule has 0 unspecified atom stereocenters. The lowest BCUT2D eigenvalue weighted by molar-refractivity contribution is -0.136. The normalized spacial score (nSPS) is 17.8. The molecular formula is C33H34N2O5S. The Labute approximate surface area is 244 Å². The molecule has 3 aromatic rings. The van der Waals surface area contributed by atoms with Crippen molar-refractivity contribution in [2.75, 3.05) is 14.2 Å². The fraction of sp³-hybridized carbons (Fsp3) is 0.303. The molecule has 1 aliphatic heterocycles. The van der Waals surface area contributed by atoms with Crippen molar-refractivity contribution in [1.29, 1.82) is 0 Å². The number of carboxylic acids is 1. The number of aliphatic imine (C=N–C) groups is 1. The van der Waals surface area contributed by atoms with Crippen molar-refractivity contribution in [1.82, 2.24) is 4.90 Å². The monoisotopic (exact) mass is 570 g/mol. The topological polar surface area (TPSA) is 88.4 Å². The van der Waals surface area contributed by atoms with Gasteiger partial charge in [0.1, 0.15) is 6.61 Å². The van der Waals surface area contributed by atoms with Gasteiger partial charge in [0.15, 0.2) is 16.7 Å². The van der Waals surface area contributed by atoms with Crippen LogP contribution in [0, 0.1) is 0 Å². The van der Waals surface area contributed by atoms with Crippen molar-refractivity contribution in [2.24, 2.45) is 4.99 Å². The third kappa shape index (κ3) is 7.19. The van der Waals surface area contributed by atoms with Crippen molar-refractivity contribution in [3.63, 3.8) is 0 Å². The second kappa shape index (κ2) is 13.1. The van der Waals surface area contributed by atoms with Gasteiger partial charge in [0, 0.05) is 7.05 Å². The van der Waals surface area contributed by atoms with Gasteiger partial charge in [-0.2, -0.15) is 0 Å². The van der Waals surface area contributed by atoms with E-state index in [-0.39, 0.29) is 12.3 Å². The Morgan fingerprint density at radius 2 is 1.71 bits per heavy atom. The van der Waals surface area contributed by atoms with Gasteiger partial charge in [-0.15, -0.1) is 0 Å². The van der Waals surface area contributed by atoms with Crippen LogP contribution >= 0.6 is 11.8 Å². The summed E-state index contributed by atoms with van der Waals surface area (Å²) in [6, 6.07) is 21.4. The van der Waals surface area contributed by atoms with Crippen LogP contribution < -0.4 is 9.47 Å². The number of carboxylic acid groups (broad SMARTS) is 1. The van der Waals surface area contributed by atoms with Crippen molar-refractivity contribution in [3.8, 4) is 11.5 Å². The molecule has 212 valence electrons. The number of carbonyl (C=O) groups is 2. The molecule has 1 saturated heterocycles. The van der Waals surface area contributed by atoms with E-state index in [9.17, 15) is 9.59 Å². The molecule has 0 atom stereocenters. The lowest BCUT2D eigenvalue weighted by Gasteiger charge is -2.22. The molecule has 0 aromatic heterocycles. The molecule has 1 aliphatic carbocycles. The number of carbonyl (C=O) groups excluding carboxylic acids is 1. The first kappa shape index (κ1) is 28.5. The van der Waals surface area contributed by atoms with Gasteiger partial charge in [0.25, 0.3) is 5.91 Å². The maximum absolute atomic E-state index is 12.9. The number of thioether (sulfide) groups is 1. The molecule has 1 saturated carbocycles. The third-order valence-electron chi connectivity index (χ3n) is 7.46. The largest absolute Gasteiger partial charge is 0.493 e. The van der Waals surface area contributed by atoms with E-state index in [1.165, 1.54) is 54.3 Å². The minimum absolute atomic E-state index is 0.0440. The summed E-state index contributed by atoms with van der Waals surface area (Å²) in [4.78, 5) is 30.5. The highest BCUT2D eigenvalue weighted by molar-refractivity contribution is 8.18. The number of hydrogen-bond acceptors (Lipinski definition) is 6. The van der Waals surface area contributed by atoms with Crippen LogP contribution in [0.3, 0.4) is 0 Å². The Morgan fingerprint density at radius 1 is 1.00 bits per heavy atom. The summed E-state index contributed by atoms with van der Waals surface area (Å²) < 4.78 is 11.7. The van der Waals surface area contributed by atoms with Crippen LogP contribution in [0.5, 0.6) is 11.5 Å². The van der Waals surface area contributed by atoms with E-state index < -0.39 is 5.97 Å². The van der Waals surface area contributed by atoms with Crippen LogP contribution in [0.2, 0.25) is 0 Å². The molecule has 1 amide bonds. The highest BCUT2D eigenvalue weighted by atomic mass is 32.2. The predicted molar refractivity (Wildman–Crippen MR) is 163 cm³/mol. The molecule has 2 fully saturated rings. The summed E-state index contributed by atoms with van der Waals surface area (Å²) >= 11 is 1.29. The van der Waals surface area contributed by atoms with Crippen LogP contribution in [0.4, 0.5) is 5.69 Å². The van der Waals surface area contributed by atoms with E-state index in [2.05, 4.69) is 29.3 Å². The lowest BCUT2D eigenvalue weighted by Crippen LogP contribution is -2.23. The summed E-state index contributed by atoms with van der Waals surface area (Å²) in [5.74, 6) is 0.891. The van der Waals surface area contributed by atoms with Crippen molar-refractivity contribution in [2.45, 2.75) is 51.0 Å². The van der Waals surface area contributed by atoms with Crippen LogP contribution in [-0.2, 0) is 22.6 Å². The maximum atomic E-state index is 12.9. The first-order valence-corrected chi connectivity index (χ1v) is 14.7. The zero-order valence-electron chi connectivity index (χ0n) is 23.3. The van der Waals surface area contributed by atoms with Gasteiger partial charge in [-0.3, -0.25) is 14.5 Å². The van der Waals surface area contributed by atoms with E-state index >= 15 is 0 Å². The summed E-state index contributed by atoms with van der Waals surface area (Å²) in [6.45, 7) is 0.442. The number of amides is 1. The zero-order chi connectivity index (χ0) is 28.8. The second-order valence-electron chi connectivity index (χ2n) is 10.4. The molecule has 0 bridgehead atoms. The van der Waals surface area contributed by atoms with Gasteiger partial charge in [0.05, 0.1) is 24.1 Å². The predicted octanol–water partition coefficient (Wildman–Crippen LogP) is 7.18. The van der Waals surface area contributed by atoms with Gasteiger partial charge in [-0.25, -0.2) is 4.99 Å². The van der Waals surface area contributed by atoms with Gasteiger partial charge >= 0.3 is 5.97 Å². The number of benzene rings is 3. The van der Waals surface area contributed by atoms with Crippen LogP contribution in [0.25, 0.3) is 6.08 Å². The molecule has 1 N–H and O–H groups in total. The Morgan fingerprint density at radius 3 is 2.39 bits per heavy atom. The van der Waals surface area contributed by atoms with Crippen LogP contribution in [0.1, 0.15) is 60.3 Å². The molecule has 5 rings (SSSR count). The van der Waals surface area contributed by atoms with Gasteiger partial charge in [-0.05, 0) is 83.1 Å². The van der Waals surface area contributed by atoms with Crippen LogP contribution in [0.15, 0.2) is 76.6 Å². The third-order valence-corrected chi connectivity index (χ3v) is 8.52. The summed E-state index contributed by atoms with van der Waals surface area (Å²) in [7, 11) is 3.29. The number of rotatable bonds is 9. The standard InChI is InChI=1S/C33H34N2O5S/c1-35-32(38)30(41-33(35)34-27-15-10-22(11-16-27)20-31(36)37)19-24-12-17-28(29(18-24)39-2)40-21-23-8-13-26(14-9-23)25-6-4-3-5-7-25/h8-19,25H,3-7,20-21H2,1-2H3,(H,36,37). The Bertz CT molecular complexity index is 1460. The summed E-state index contributed by atoms with van der Waals surface area (Å²) in [5, 5.41) is 9.50. The second-order valence-corrected chi connectivity index (χ2v) is 11.4. The quantitative estimate of drug-likeness (QED) is 0.274. The van der Waals surface area contributed by atoms with Gasteiger partial charge in [-0.1, -0.05) is 61.7 Å². The number of nitrogens with zero attached hydrogens (tertiary/aromatic N) is 2. The smallest absolute Gasteiger partial charge is 0.307 e. The molecule has 1 heterocycles. The molecular weight excluding hydrogens is 536 g/mol.